The van der Waals surface area contributed by atoms with Gasteiger partial charge in [-0.3, -0.25) is 0 Å². The van der Waals surface area contributed by atoms with E-state index < -0.39 is 5.09 Å². The Morgan fingerprint density at radius 1 is 1.29 bits per heavy atom. The molecule has 0 aliphatic carbocycles. The fraction of sp³-hybridized carbons (Fsp3) is 0. The predicted molar refractivity (Wildman–Crippen MR) is 24.8 cm³/mol. The molecule has 0 rings (SSSR count). The van der Waals surface area contributed by atoms with E-state index in [-0.39, 0.29) is 57.1 Å². The SMILES string of the molecule is N.O.O=[N+]([O-])[O-].[Sr+]. The summed E-state index contributed by atoms with van der Waals surface area (Å²) in [5.74, 6) is 0. The van der Waals surface area contributed by atoms with E-state index in [1.165, 1.54) is 0 Å². The number of hydrogen-bond acceptors (Lipinski definition) is 4. The van der Waals surface area contributed by atoms with Crippen LogP contribution in [0.3, 0.4) is 0 Å². The third kappa shape index (κ3) is 387. The van der Waals surface area contributed by atoms with Gasteiger partial charge in [-0.1, -0.05) is 0 Å². The predicted octanol–water partition coefficient (Wildman–Crippen LogP) is -1.28. The molecule has 0 fully saturated rings. The molecule has 0 unspecified atom stereocenters. The minimum atomic E-state index is -1.75. The van der Waals surface area contributed by atoms with Crippen LogP contribution >= 0.6 is 0 Å². The summed E-state index contributed by atoms with van der Waals surface area (Å²) < 4.78 is 0. The molecule has 0 saturated heterocycles. The summed E-state index contributed by atoms with van der Waals surface area (Å²) in [4.78, 5) is 8.25. The Hall–Kier alpha value is 0.601. The maximum atomic E-state index is 8.25. The Morgan fingerprint density at radius 3 is 1.29 bits per heavy atom. The molecule has 0 spiro atoms. The van der Waals surface area contributed by atoms with E-state index in [9.17, 15) is 0 Å². The summed E-state index contributed by atoms with van der Waals surface area (Å²) in [5.41, 5.74) is 0. The first-order chi connectivity index (χ1) is 1.73. The standard InChI is InChI=1S/NO3.H3N.H2O.Sr/c2-1(3)4;;;/h;1H3;1H2;/q-1;;;+1. The maximum absolute atomic E-state index is 8.25. The molecule has 0 aromatic rings. The van der Waals surface area contributed by atoms with E-state index in [4.69, 9.17) is 15.3 Å². The first kappa shape index (κ1) is 25.5. The summed E-state index contributed by atoms with van der Waals surface area (Å²) >= 11 is 0. The van der Waals surface area contributed by atoms with Gasteiger partial charge in [0.2, 0.25) is 0 Å². The molecule has 0 aliphatic heterocycles. The minimum absolute atomic E-state index is 0. The fourth-order valence-corrected chi connectivity index (χ4v) is 0. The Labute approximate surface area is 76.8 Å². The number of nitrogens with zero attached hydrogens (tertiary/aromatic N) is 1. The normalized spacial score (nSPS) is 3.43. The zero-order chi connectivity index (χ0) is 3.58. The van der Waals surface area contributed by atoms with Gasteiger partial charge in [0.1, 0.15) is 0 Å². The van der Waals surface area contributed by atoms with Gasteiger partial charge in [-0.15, -0.1) is 0 Å². The molecule has 0 aromatic heterocycles. The van der Waals surface area contributed by atoms with Gasteiger partial charge in [0.25, 0.3) is 0 Å². The van der Waals surface area contributed by atoms with Crippen LogP contribution in [0.5, 0.6) is 0 Å². The van der Waals surface area contributed by atoms with E-state index in [0.717, 1.165) is 0 Å². The first-order valence-corrected chi connectivity index (χ1v) is 0.548. The third-order valence-corrected chi connectivity index (χ3v) is 0. The van der Waals surface area contributed by atoms with Crippen molar-refractivity contribution in [1.82, 2.24) is 6.15 Å². The van der Waals surface area contributed by atoms with Crippen LogP contribution in [0.25, 0.3) is 0 Å². The second-order valence-electron chi connectivity index (χ2n) is 0.224. The largest absolute Gasteiger partial charge is 1.00 e. The van der Waals surface area contributed by atoms with Crippen LogP contribution in [0.1, 0.15) is 0 Å². The van der Waals surface area contributed by atoms with Gasteiger partial charge >= 0.3 is 45.5 Å². The molecule has 41 valence electrons. The second-order valence-corrected chi connectivity index (χ2v) is 0.224. The monoisotopic (exact) mass is 185 g/mol. The molecular weight excluding hydrogens is 180 g/mol. The minimum Gasteiger partial charge on any atom is -0.412 e. The number of rotatable bonds is 0. The zero-order valence-corrected chi connectivity index (χ0v) is 7.06. The van der Waals surface area contributed by atoms with Crippen LogP contribution in [0.4, 0.5) is 0 Å². The zero-order valence-electron chi connectivity index (χ0n) is 3.59. The summed E-state index contributed by atoms with van der Waals surface area (Å²) in [6, 6.07) is 0. The quantitative estimate of drug-likeness (QED) is 0.285. The van der Waals surface area contributed by atoms with Gasteiger partial charge in [-0.05, 0) is 0 Å². The van der Waals surface area contributed by atoms with Crippen molar-refractivity contribution in [2.45, 2.75) is 0 Å². The van der Waals surface area contributed by atoms with Crippen molar-refractivity contribution in [3.05, 3.63) is 15.3 Å². The van der Waals surface area contributed by atoms with Gasteiger partial charge in [0.05, 0.1) is 5.09 Å². The molecule has 0 aliphatic rings. The van der Waals surface area contributed by atoms with Crippen LogP contribution in [-0.2, 0) is 0 Å². The maximum Gasteiger partial charge on any atom is 1.00 e. The molecule has 6 nitrogen and oxygen atoms in total. The molecule has 5 N–H and O–H groups in total. The van der Waals surface area contributed by atoms with Gasteiger partial charge in [-0.2, -0.15) is 0 Å². The smallest absolute Gasteiger partial charge is 0.412 e. The van der Waals surface area contributed by atoms with Crippen LogP contribution in [-0.4, -0.2) is 56.0 Å². The Bertz CT molecular complexity index is 32.7. The van der Waals surface area contributed by atoms with Crippen LogP contribution in [0, 0.1) is 15.3 Å². The summed E-state index contributed by atoms with van der Waals surface area (Å²) in [6.45, 7) is 0. The Balaban J connectivity index is -0.0000000150. The van der Waals surface area contributed by atoms with E-state index in [2.05, 4.69) is 0 Å². The van der Waals surface area contributed by atoms with E-state index in [1.54, 1.807) is 0 Å². The van der Waals surface area contributed by atoms with Crippen LogP contribution in [0.2, 0.25) is 0 Å². The molecular formula is H5N2O4Sr. The van der Waals surface area contributed by atoms with Crippen molar-refractivity contribution in [2.75, 3.05) is 0 Å². The number of hydrogen-bond donors (Lipinski definition) is 1. The fourth-order valence-electron chi connectivity index (χ4n) is 0. The average Bonchev–Trinajstić information content (AvgIpc) is 0.811. The summed E-state index contributed by atoms with van der Waals surface area (Å²) in [6.07, 6.45) is 0. The Kier molecular flexibility index (Phi) is 58.3. The second kappa shape index (κ2) is 16.0. The van der Waals surface area contributed by atoms with E-state index in [1.807, 2.05) is 0 Å². The van der Waals surface area contributed by atoms with Crippen molar-refractivity contribution in [1.29, 1.82) is 0 Å². The van der Waals surface area contributed by atoms with E-state index in [0.29, 0.717) is 0 Å². The molecule has 1 radical (unpaired) electrons. The molecule has 0 aromatic carbocycles. The van der Waals surface area contributed by atoms with Crippen molar-refractivity contribution in [3.8, 4) is 0 Å². The molecule has 0 heterocycles. The molecule has 7 heteroatoms. The molecule has 0 saturated carbocycles. The Morgan fingerprint density at radius 2 is 1.29 bits per heavy atom. The van der Waals surface area contributed by atoms with Gasteiger partial charge in [0, 0.05) is 0 Å². The summed E-state index contributed by atoms with van der Waals surface area (Å²) in [7, 11) is 0. The van der Waals surface area contributed by atoms with Crippen molar-refractivity contribution >= 4 is 45.5 Å². The molecule has 0 atom stereocenters. The van der Waals surface area contributed by atoms with Crippen molar-refractivity contribution in [3.63, 3.8) is 0 Å². The van der Waals surface area contributed by atoms with E-state index >= 15 is 0 Å². The van der Waals surface area contributed by atoms with Crippen molar-refractivity contribution in [2.24, 2.45) is 0 Å². The molecule has 7 heavy (non-hydrogen) atoms. The molecule has 0 amide bonds. The van der Waals surface area contributed by atoms with Gasteiger partial charge in [-0.25, -0.2) is 0 Å². The molecule has 0 bridgehead atoms. The van der Waals surface area contributed by atoms with Gasteiger partial charge < -0.3 is 26.9 Å². The van der Waals surface area contributed by atoms with Crippen LogP contribution in [0.15, 0.2) is 0 Å². The third-order valence-electron chi connectivity index (χ3n) is 0. The topological polar surface area (TPSA) is 133 Å². The van der Waals surface area contributed by atoms with Gasteiger partial charge in [0.15, 0.2) is 0 Å². The first-order valence-electron chi connectivity index (χ1n) is 0.548. The summed E-state index contributed by atoms with van der Waals surface area (Å²) in [5, 5.41) is 14.8. The van der Waals surface area contributed by atoms with Crippen LogP contribution < -0.4 is 6.15 Å². The average molecular weight is 185 g/mol. The van der Waals surface area contributed by atoms with Crippen molar-refractivity contribution < 1.29 is 10.6 Å².